The number of anilines is 3. The smallest absolute Gasteiger partial charge is 0.337 e. The van der Waals surface area contributed by atoms with E-state index >= 15 is 0 Å². The molecule has 2 N–H and O–H groups in total. The van der Waals surface area contributed by atoms with Crippen LogP contribution in [0.25, 0.3) is 0 Å². The van der Waals surface area contributed by atoms with E-state index in [0.717, 1.165) is 4.90 Å². The molecule has 3 aromatic rings. The van der Waals surface area contributed by atoms with Crippen molar-refractivity contribution >= 4 is 52.4 Å². The number of rotatable bonds is 7. The molecule has 0 spiro atoms. The van der Waals surface area contributed by atoms with Crippen molar-refractivity contribution in [2.24, 2.45) is 0 Å². The van der Waals surface area contributed by atoms with E-state index < -0.39 is 17.8 Å². The maximum atomic E-state index is 12.9. The van der Waals surface area contributed by atoms with E-state index in [1.54, 1.807) is 72.8 Å². The summed E-state index contributed by atoms with van der Waals surface area (Å²) in [6, 6.07) is 19.0. The second-order valence-corrected chi connectivity index (χ2v) is 7.94. The van der Waals surface area contributed by atoms with Gasteiger partial charge in [0.05, 0.1) is 25.5 Å². The number of methoxy groups -OCH3 is 2. The SMILES string of the molecule is COC(=O)c1ccc(NC(=O)c2ccc(NC3=C(Cl)C(=O)N(c4ccc(OC)cc4)C3=O)cc2)cc1. The summed E-state index contributed by atoms with van der Waals surface area (Å²) in [6.07, 6.45) is 0. The molecular weight excluding hydrogens is 486 g/mol. The molecule has 1 aliphatic heterocycles. The lowest BCUT2D eigenvalue weighted by molar-refractivity contribution is -0.120. The standard InChI is InChI=1S/C26H20ClN3O6/c1-35-20-13-11-19(12-14-20)30-24(32)21(27)22(25(30)33)28-17-7-3-15(4-8-17)23(31)29-18-9-5-16(6-10-18)26(34)36-2/h3-14,28H,1-2H3,(H,29,31). The topological polar surface area (TPSA) is 114 Å². The quantitative estimate of drug-likeness (QED) is 0.366. The minimum Gasteiger partial charge on any atom is -0.497 e. The molecular formula is C26H20ClN3O6. The first-order chi connectivity index (χ1) is 17.3. The highest BCUT2D eigenvalue weighted by molar-refractivity contribution is 6.53. The fourth-order valence-corrected chi connectivity index (χ4v) is 3.65. The number of nitrogens with zero attached hydrogens (tertiary/aromatic N) is 1. The summed E-state index contributed by atoms with van der Waals surface area (Å²) < 4.78 is 9.75. The minimum atomic E-state index is -0.649. The lowest BCUT2D eigenvalue weighted by Crippen LogP contribution is -2.32. The van der Waals surface area contributed by atoms with Crippen molar-refractivity contribution in [3.8, 4) is 5.75 Å². The maximum Gasteiger partial charge on any atom is 0.337 e. The van der Waals surface area contributed by atoms with Crippen LogP contribution in [0.4, 0.5) is 17.1 Å². The Kier molecular flexibility index (Phi) is 7.03. The first-order valence-corrected chi connectivity index (χ1v) is 11.0. The number of benzene rings is 3. The summed E-state index contributed by atoms with van der Waals surface area (Å²) >= 11 is 6.18. The molecule has 1 heterocycles. The van der Waals surface area contributed by atoms with Gasteiger partial charge in [-0.1, -0.05) is 11.6 Å². The van der Waals surface area contributed by atoms with Gasteiger partial charge >= 0.3 is 5.97 Å². The molecule has 0 saturated heterocycles. The number of halogens is 1. The van der Waals surface area contributed by atoms with Crippen molar-refractivity contribution in [1.29, 1.82) is 0 Å². The third-order valence-electron chi connectivity index (χ3n) is 5.34. The molecule has 0 saturated carbocycles. The Morgan fingerprint density at radius 3 is 1.94 bits per heavy atom. The monoisotopic (exact) mass is 505 g/mol. The first-order valence-electron chi connectivity index (χ1n) is 10.6. The van der Waals surface area contributed by atoms with Crippen LogP contribution in [0.1, 0.15) is 20.7 Å². The Balaban J connectivity index is 1.43. The molecule has 0 atom stereocenters. The van der Waals surface area contributed by atoms with Crippen LogP contribution in [0, 0.1) is 0 Å². The largest absolute Gasteiger partial charge is 0.497 e. The zero-order chi connectivity index (χ0) is 25.8. The molecule has 0 fully saturated rings. The van der Waals surface area contributed by atoms with E-state index in [9.17, 15) is 19.2 Å². The highest BCUT2D eigenvalue weighted by Crippen LogP contribution is 2.31. The average Bonchev–Trinajstić information content (AvgIpc) is 3.12. The number of nitrogens with one attached hydrogen (secondary N) is 2. The van der Waals surface area contributed by atoms with Gasteiger partial charge < -0.3 is 20.1 Å². The highest BCUT2D eigenvalue weighted by atomic mass is 35.5. The number of imide groups is 1. The van der Waals surface area contributed by atoms with Crippen LogP contribution in [0.15, 0.2) is 83.5 Å². The van der Waals surface area contributed by atoms with Crippen LogP contribution < -0.4 is 20.3 Å². The number of hydrogen-bond acceptors (Lipinski definition) is 7. The highest BCUT2D eigenvalue weighted by Gasteiger charge is 2.39. The molecule has 9 nitrogen and oxygen atoms in total. The molecule has 1 aliphatic rings. The van der Waals surface area contributed by atoms with Crippen molar-refractivity contribution < 1.29 is 28.7 Å². The van der Waals surface area contributed by atoms with Crippen molar-refractivity contribution in [3.63, 3.8) is 0 Å². The van der Waals surface area contributed by atoms with Crippen LogP contribution >= 0.6 is 11.6 Å². The van der Waals surface area contributed by atoms with Crippen LogP contribution in [-0.2, 0) is 14.3 Å². The van der Waals surface area contributed by atoms with Crippen LogP contribution in [0.2, 0.25) is 0 Å². The third kappa shape index (κ3) is 4.91. The Hall–Kier alpha value is -4.63. The lowest BCUT2D eigenvalue weighted by Gasteiger charge is -2.15. The predicted octanol–water partition coefficient (Wildman–Crippen LogP) is 4.17. The summed E-state index contributed by atoms with van der Waals surface area (Å²) in [7, 11) is 2.80. The van der Waals surface area contributed by atoms with Crippen molar-refractivity contribution in [3.05, 3.63) is 94.7 Å². The Morgan fingerprint density at radius 1 is 0.778 bits per heavy atom. The van der Waals surface area contributed by atoms with Crippen LogP contribution in [0.5, 0.6) is 5.75 Å². The second kappa shape index (κ2) is 10.3. The minimum absolute atomic E-state index is 0.0691. The zero-order valence-corrected chi connectivity index (χ0v) is 20.0. The van der Waals surface area contributed by atoms with E-state index in [-0.39, 0.29) is 16.6 Å². The van der Waals surface area contributed by atoms with Gasteiger partial charge in [0.1, 0.15) is 16.5 Å². The average molecular weight is 506 g/mol. The lowest BCUT2D eigenvalue weighted by atomic mass is 10.1. The van der Waals surface area contributed by atoms with Gasteiger partial charge in [0.2, 0.25) is 0 Å². The van der Waals surface area contributed by atoms with Gasteiger partial charge in [-0.3, -0.25) is 14.4 Å². The van der Waals surface area contributed by atoms with Crippen molar-refractivity contribution in [2.75, 3.05) is 29.8 Å². The van der Waals surface area contributed by atoms with Gasteiger partial charge in [0.15, 0.2) is 0 Å². The van der Waals surface area contributed by atoms with E-state index in [1.807, 2.05) is 0 Å². The molecule has 0 bridgehead atoms. The van der Waals surface area contributed by atoms with Gasteiger partial charge in [-0.2, -0.15) is 0 Å². The summed E-state index contributed by atoms with van der Waals surface area (Å²) in [5.41, 5.74) is 1.96. The van der Waals surface area contributed by atoms with Gasteiger partial charge in [-0.15, -0.1) is 0 Å². The maximum absolute atomic E-state index is 12.9. The summed E-state index contributed by atoms with van der Waals surface area (Å²) in [4.78, 5) is 50.6. The van der Waals surface area contributed by atoms with Gasteiger partial charge in [0.25, 0.3) is 17.7 Å². The number of carbonyl (C=O) groups excluding carboxylic acids is 4. The van der Waals surface area contributed by atoms with E-state index in [4.69, 9.17) is 16.3 Å². The molecule has 0 aromatic heterocycles. The number of ether oxygens (including phenoxy) is 2. The number of hydrogen-bond donors (Lipinski definition) is 2. The number of carbonyl (C=O) groups is 4. The van der Waals surface area contributed by atoms with Gasteiger partial charge in [-0.25, -0.2) is 9.69 Å². The molecule has 3 amide bonds. The summed E-state index contributed by atoms with van der Waals surface area (Å²) in [5.74, 6) is -1.52. The van der Waals surface area contributed by atoms with E-state index in [1.165, 1.54) is 14.2 Å². The normalized spacial score (nSPS) is 13.0. The molecule has 3 aromatic carbocycles. The second-order valence-electron chi connectivity index (χ2n) is 7.56. The number of esters is 1. The zero-order valence-electron chi connectivity index (χ0n) is 19.2. The Labute approximate surface area is 211 Å². The van der Waals surface area contributed by atoms with E-state index in [2.05, 4.69) is 15.4 Å². The fraction of sp³-hybridized carbons (Fsp3) is 0.0769. The predicted molar refractivity (Wildman–Crippen MR) is 134 cm³/mol. The first kappa shape index (κ1) is 24.5. The van der Waals surface area contributed by atoms with Crippen molar-refractivity contribution in [2.45, 2.75) is 0 Å². The molecule has 0 unspecified atom stereocenters. The molecule has 10 heteroatoms. The molecule has 4 rings (SSSR count). The third-order valence-corrected chi connectivity index (χ3v) is 5.69. The van der Waals surface area contributed by atoms with Gasteiger partial charge in [0, 0.05) is 16.9 Å². The summed E-state index contributed by atoms with van der Waals surface area (Å²) in [6.45, 7) is 0. The molecule has 182 valence electrons. The van der Waals surface area contributed by atoms with Crippen LogP contribution in [-0.4, -0.2) is 37.9 Å². The van der Waals surface area contributed by atoms with Gasteiger partial charge in [-0.05, 0) is 72.8 Å². The van der Waals surface area contributed by atoms with E-state index in [0.29, 0.717) is 33.9 Å². The van der Waals surface area contributed by atoms with Crippen LogP contribution in [0.3, 0.4) is 0 Å². The Bertz CT molecular complexity index is 1370. The molecule has 0 aliphatic carbocycles. The Morgan fingerprint density at radius 2 is 1.36 bits per heavy atom. The summed E-state index contributed by atoms with van der Waals surface area (Å²) in [5, 5.41) is 5.35. The fourth-order valence-electron chi connectivity index (χ4n) is 3.44. The molecule has 36 heavy (non-hydrogen) atoms. The van der Waals surface area contributed by atoms with Crippen molar-refractivity contribution in [1.82, 2.24) is 0 Å². The number of amides is 3. The molecule has 0 radical (unpaired) electrons.